The van der Waals surface area contributed by atoms with E-state index in [1.807, 2.05) is 31.4 Å². The zero-order chi connectivity index (χ0) is 17.7. The summed E-state index contributed by atoms with van der Waals surface area (Å²) in [7, 11) is 0. The van der Waals surface area contributed by atoms with Crippen molar-refractivity contribution in [3.63, 3.8) is 0 Å². The fourth-order valence-corrected chi connectivity index (χ4v) is 3.41. The largest absolute Gasteiger partial charge is 0.347 e. The van der Waals surface area contributed by atoms with Gasteiger partial charge in [0, 0.05) is 10.4 Å². The fraction of sp³-hybridized carbons (Fsp3) is 0.294. The summed E-state index contributed by atoms with van der Waals surface area (Å²) >= 11 is 13.3. The number of hydrogen-bond donors (Lipinski definition) is 2. The summed E-state index contributed by atoms with van der Waals surface area (Å²) in [6.45, 7) is 3.98. The van der Waals surface area contributed by atoms with Crippen LogP contribution in [0.5, 0.6) is 0 Å². The molecule has 0 aliphatic carbocycles. The predicted octanol–water partition coefficient (Wildman–Crippen LogP) is 4.30. The number of carbonyl (C=O) groups excluding carboxylic acids is 2. The summed E-state index contributed by atoms with van der Waals surface area (Å²) in [4.78, 5) is 25.3. The van der Waals surface area contributed by atoms with Crippen LogP contribution in [0.25, 0.3) is 0 Å². The minimum absolute atomic E-state index is 0.0700. The van der Waals surface area contributed by atoms with Gasteiger partial charge in [-0.05, 0) is 35.6 Å². The van der Waals surface area contributed by atoms with Crippen molar-refractivity contribution in [1.29, 1.82) is 0 Å². The number of carbonyl (C=O) groups is 2. The maximum Gasteiger partial charge on any atom is 0.251 e. The average molecular weight is 385 g/mol. The number of thiophene rings is 1. The van der Waals surface area contributed by atoms with Gasteiger partial charge >= 0.3 is 0 Å². The molecule has 0 bridgehead atoms. The molecular formula is C17H18Cl2N2O2S. The summed E-state index contributed by atoms with van der Waals surface area (Å²) in [6.07, 6.45) is 0. The molecule has 0 saturated heterocycles. The quantitative estimate of drug-likeness (QED) is 0.779. The number of hydrogen-bond acceptors (Lipinski definition) is 3. The summed E-state index contributed by atoms with van der Waals surface area (Å²) in [5.41, 5.74) is 0.357. The molecule has 2 rings (SSSR count). The van der Waals surface area contributed by atoms with Crippen LogP contribution in [0.4, 0.5) is 0 Å². The van der Waals surface area contributed by atoms with Crippen LogP contribution in [0.2, 0.25) is 10.0 Å². The molecule has 1 atom stereocenters. The van der Waals surface area contributed by atoms with Crippen molar-refractivity contribution in [2.45, 2.75) is 19.9 Å². The Kier molecular flexibility index (Phi) is 6.66. The first-order valence-electron chi connectivity index (χ1n) is 7.44. The van der Waals surface area contributed by atoms with Gasteiger partial charge in [-0.25, -0.2) is 0 Å². The van der Waals surface area contributed by atoms with E-state index in [2.05, 4.69) is 10.6 Å². The van der Waals surface area contributed by atoms with Crippen LogP contribution in [0.15, 0.2) is 35.7 Å². The molecule has 2 N–H and O–H groups in total. The molecule has 2 amide bonds. The minimum Gasteiger partial charge on any atom is -0.347 e. The Bertz CT molecular complexity index is 717. The molecule has 0 fully saturated rings. The number of rotatable bonds is 6. The Labute approximate surface area is 155 Å². The van der Waals surface area contributed by atoms with Crippen molar-refractivity contribution in [3.05, 3.63) is 56.2 Å². The molecule has 1 aromatic heterocycles. The molecule has 2 aromatic rings. The summed E-state index contributed by atoms with van der Waals surface area (Å²) in [6, 6.07) is 8.45. The second-order valence-corrected chi connectivity index (χ2v) is 7.41. The fourth-order valence-electron chi connectivity index (χ4n) is 2.16. The van der Waals surface area contributed by atoms with E-state index < -0.39 is 0 Å². The molecule has 0 spiro atoms. The maximum absolute atomic E-state index is 12.1. The second kappa shape index (κ2) is 8.51. The molecule has 1 aromatic carbocycles. The lowest BCUT2D eigenvalue weighted by Gasteiger charge is -2.21. The van der Waals surface area contributed by atoms with Gasteiger partial charge in [0.2, 0.25) is 5.91 Å². The molecule has 24 heavy (non-hydrogen) atoms. The van der Waals surface area contributed by atoms with E-state index in [4.69, 9.17) is 23.2 Å². The lowest BCUT2D eigenvalue weighted by molar-refractivity contribution is -0.121. The van der Waals surface area contributed by atoms with Crippen molar-refractivity contribution in [2.24, 2.45) is 5.92 Å². The van der Waals surface area contributed by atoms with E-state index in [0.29, 0.717) is 15.6 Å². The molecule has 4 nitrogen and oxygen atoms in total. The van der Waals surface area contributed by atoms with Crippen LogP contribution in [0.1, 0.15) is 35.1 Å². The van der Waals surface area contributed by atoms with Crippen molar-refractivity contribution in [2.75, 3.05) is 6.54 Å². The monoisotopic (exact) mass is 384 g/mol. The lowest BCUT2D eigenvalue weighted by atomic mass is 10.0. The molecule has 0 aliphatic heterocycles. The Balaban J connectivity index is 1.92. The average Bonchev–Trinajstić information content (AvgIpc) is 3.06. The summed E-state index contributed by atoms with van der Waals surface area (Å²) < 4.78 is 0. The van der Waals surface area contributed by atoms with Crippen LogP contribution in [-0.2, 0) is 4.79 Å². The SMILES string of the molecule is CC(C)[C@@H](NC(=O)CNC(=O)c1ccc(Cl)c(Cl)c1)c1cccs1. The standard InChI is InChI=1S/C17H18Cl2N2O2S/c1-10(2)16(14-4-3-7-24-14)21-15(22)9-20-17(23)11-5-6-12(18)13(19)8-11/h3-8,10,16H,9H2,1-2H3,(H,20,23)(H,21,22)/t16-/m1/s1. The lowest BCUT2D eigenvalue weighted by Crippen LogP contribution is -2.39. The highest BCUT2D eigenvalue weighted by molar-refractivity contribution is 7.10. The molecule has 7 heteroatoms. The van der Waals surface area contributed by atoms with Gasteiger partial charge < -0.3 is 10.6 Å². The second-order valence-electron chi connectivity index (χ2n) is 5.62. The third-order valence-electron chi connectivity index (χ3n) is 3.42. The van der Waals surface area contributed by atoms with E-state index in [0.717, 1.165) is 4.88 Å². The highest BCUT2D eigenvalue weighted by Crippen LogP contribution is 2.25. The van der Waals surface area contributed by atoms with Crippen LogP contribution in [0.3, 0.4) is 0 Å². The predicted molar refractivity (Wildman–Crippen MR) is 98.8 cm³/mol. The van der Waals surface area contributed by atoms with Crippen LogP contribution in [-0.4, -0.2) is 18.4 Å². The molecule has 128 valence electrons. The van der Waals surface area contributed by atoms with Gasteiger partial charge in [0.1, 0.15) is 0 Å². The number of halogens is 2. The third kappa shape index (κ3) is 4.97. The first kappa shape index (κ1) is 18.8. The van der Waals surface area contributed by atoms with Gasteiger partial charge in [-0.1, -0.05) is 43.1 Å². The maximum atomic E-state index is 12.1. The zero-order valence-electron chi connectivity index (χ0n) is 13.3. The molecule has 1 heterocycles. The summed E-state index contributed by atoms with van der Waals surface area (Å²) in [5, 5.41) is 8.19. The minimum atomic E-state index is -0.374. The van der Waals surface area contributed by atoms with E-state index in [1.165, 1.54) is 6.07 Å². The Morgan fingerprint density at radius 2 is 1.92 bits per heavy atom. The van der Waals surface area contributed by atoms with Crippen molar-refractivity contribution in [3.8, 4) is 0 Å². The van der Waals surface area contributed by atoms with Gasteiger partial charge in [0.25, 0.3) is 5.91 Å². The normalized spacial score (nSPS) is 12.0. The number of amides is 2. The molecule has 0 aliphatic rings. The first-order chi connectivity index (χ1) is 11.4. The highest BCUT2D eigenvalue weighted by atomic mass is 35.5. The van der Waals surface area contributed by atoms with Gasteiger partial charge in [-0.15, -0.1) is 11.3 Å². The van der Waals surface area contributed by atoms with Crippen LogP contribution >= 0.6 is 34.5 Å². The Hall–Kier alpha value is -1.56. The van der Waals surface area contributed by atoms with Gasteiger partial charge in [-0.2, -0.15) is 0 Å². The molecule has 0 unspecified atom stereocenters. The molecular weight excluding hydrogens is 367 g/mol. The van der Waals surface area contributed by atoms with Gasteiger partial charge in [0.15, 0.2) is 0 Å². The van der Waals surface area contributed by atoms with Crippen molar-refractivity contribution in [1.82, 2.24) is 10.6 Å². The van der Waals surface area contributed by atoms with E-state index in [1.54, 1.807) is 23.5 Å². The number of nitrogens with one attached hydrogen (secondary N) is 2. The smallest absolute Gasteiger partial charge is 0.251 e. The zero-order valence-corrected chi connectivity index (χ0v) is 15.6. The Morgan fingerprint density at radius 3 is 2.50 bits per heavy atom. The topological polar surface area (TPSA) is 58.2 Å². The molecule has 0 saturated carbocycles. The van der Waals surface area contributed by atoms with E-state index in [9.17, 15) is 9.59 Å². The first-order valence-corrected chi connectivity index (χ1v) is 9.08. The Morgan fingerprint density at radius 1 is 1.17 bits per heavy atom. The summed E-state index contributed by atoms with van der Waals surface area (Å²) in [5.74, 6) is -0.366. The highest BCUT2D eigenvalue weighted by Gasteiger charge is 2.19. The van der Waals surface area contributed by atoms with Crippen molar-refractivity contribution >= 4 is 46.4 Å². The van der Waals surface area contributed by atoms with Gasteiger partial charge in [0.05, 0.1) is 22.6 Å². The van der Waals surface area contributed by atoms with Gasteiger partial charge in [-0.3, -0.25) is 9.59 Å². The van der Waals surface area contributed by atoms with E-state index >= 15 is 0 Å². The van der Waals surface area contributed by atoms with Crippen LogP contribution in [0, 0.1) is 5.92 Å². The van der Waals surface area contributed by atoms with Crippen molar-refractivity contribution < 1.29 is 9.59 Å². The third-order valence-corrected chi connectivity index (χ3v) is 5.12. The molecule has 0 radical (unpaired) electrons. The number of benzene rings is 1. The van der Waals surface area contributed by atoms with E-state index in [-0.39, 0.29) is 30.3 Å². The van der Waals surface area contributed by atoms with Crippen LogP contribution < -0.4 is 10.6 Å².